The first-order valence-electron chi connectivity index (χ1n) is 6.10. The second-order valence-electron chi connectivity index (χ2n) is 4.27. The summed E-state index contributed by atoms with van der Waals surface area (Å²) >= 11 is 7.29. The van der Waals surface area contributed by atoms with Gasteiger partial charge in [0, 0.05) is 27.3 Å². The van der Waals surface area contributed by atoms with E-state index >= 15 is 0 Å². The highest BCUT2D eigenvalue weighted by Crippen LogP contribution is 2.27. The minimum absolute atomic E-state index is 0.137. The van der Waals surface area contributed by atoms with Gasteiger partial charge >= 0.3 is 0 Å². The molecule has 20 heavy (non-hydrogen) atoms. The van der Waals surface area contributed by atoms with Crippen molar-refractivity contribution in [3.05, 3.63) is 64.7 Å². The maximum Gasteiger partial charge on any atom is 0.129 e. The molecular formula is C15H14ClF2NS. The summed E-state index contributed by atoms with van der Waals surface area (Å²) in [5, 5.41) is 3.46. The third-order valence-electron chi connectivity index (χ3n) is 2.92. The topological polar surface area (TPSA) is 12.0 Å². The summed E-state index contributed by atoms with van der Waals surface area (Å²) in [5.74, 6) is 0.0561. The first-order valence-corrected chi connectivity index (χ1v) is 7.47. The highest BCUT2D eigenvalue weighted by atomic mass is 35.5. The van der Waals surface area contributed by atoms with Crippen molar-refractivity contribution in [1.29, 1.82) is 0 Å². The molecule has 0 fully saturated rings. The fourth-order valence-electron chi connectivity index (χ4n) is 1.82. The molecule has 1 atom stereocenters. The molecule has 0 aliphatic rings. The van der Waals surface area contributed by atoms with Gasteiger partial charge in [-0.15, -0.1) is 11.8 Å². The normalized spacial score (nSPS) is 12.4. The standard InChI is InChI=1S/C15H14ClF2NS/c1-19-15(13-7-2-10(16)8-14(13)18)9-20-12-5-3-11(17)4-6-12/h2-8,15,19H,9H2,1H3. The quantitative estimate of drug-likeness (QED) is 0.805. The number of rotatable bonds is 5. The number of hydrogen-bond donors (Lipinski definition) is 1. The van der Waals surface area contributed by atoms with Gasteiger partial charge in [-0.3, -0.25) is 0 Å². The molecule has 2 aromatic rings. The zero-order chi connectivity index (χ0) is 14.5. The molecule has 0 aliphatic heterocycles. The van der Waals surface area contributed by atoms with Gasteiger partial charge in [0.1, 0.15) is 11.6 Å². The van der Waals surface area contributed by atoms with Gasteiger partial charge in [-0.1, -0.05) is 17.7 Å². The highest BCUT2D eigenvalue weighted by molar-refractivity contribution is 7.99. The molecule has 0 aliphatic carbocycles. The van der Waals surface area contributed by atoms with Crippen LogP contribution in [0.25, 0.3) is 0 Å². The summed E-state index contributed by atoms with van der Waals surface area (Å²) in [6, 6.07) is 10.8. The van der Waals surface area contributed by atoms with Gasteiger partial charge < -0.3 is 5.32 Å². The van der Waals surface area contributed by atoms with E-state index < -0.39 is 0 Å². The van der Waals surface area contributed by atoms with Crippen LogP contribution < -0.4 is 5.32 Å². The Hall–Kier alpha value is -1.10. The molecule has 0 radical (unpaired) electrons. The molecule has 0 saturated carbocycles. The van der Waals surface area contributed by atoms with Crippen LogP contribution in [-0.2, 0) is 0 Å². The Bertz CT molecular complexity index is 575. The molecule has 0 amide bonds. The molecule has 0 aromatic heterocycles. The Labute approximate surface area is 126 Å². The van der Waals surface area contributed by atoms with Gasteiger partial charge in [-0.25, -0.2) is 8.78 Å². The molecule has 1 N–H and O–H groups in total. The van der Waals surface area contributed by atoms with E-state index in [9.17, 15) is 8.78 Å². The lowest BCUT2D eigenvalue weighted by molar-refractivity contribution is 0.566. The lowest BCUT2D eigenvalue weighted by Crippen LogP contribution is -2.20. The van der Waals surface area contributed by atoms with Crippen molar-refractivity contribution in [2.45, 2.75) is 10.9 Å². The van der Waals surface area contributed by atoms with Gasteiger partial charge in [-0.2, -0.15) is 0 Å². The Morgan fingerprint density at radius 3 is 2.45 bits per heavy atom. The van der Waals surface area contributed by atoms with Crippen LogP contribution in [0.4, 0.5) is 8.78 Å². The number of benzene rings is 2. The van der Waals surface area contributed by atoms with E-state index in [-0.39, 0.29) is 17.7 Å². The number of halogens is 3. The molecule has 0 bridgehead atoms. The predicted molar refractivity (Wildman–Crippen MR) is 80.3 cm³/mol. The van der Waals surface area contributed by atoms with E-state index in [1.54, 1.807) is 43.1 Å². The summed E-state index contributed by atoms with van der Waals surface area (Å²) in [5.41, 5.74) is 0.575. The van der Waals surface area contributed by atoms with Crippen LogP contribution in [-0.4, -0.2) is 12.8 Å². The van der Waals surface area contributed by atoms with Gasteiger partial charge in [0.25, 0.3) is 0 Å². The maximum absolute atomic E-state index is 13.9. The second kappa shape index (κ2) is 7.07. The van der Waals surface area contributed by atoms with Crippen molar-refractivity contribution in [3.63, 3.8) is 0 Å². The Morgan fingerprint density at radius 2 is 1.85 bits per heavy atom. The van der Waals surface area contributed by atoms with Crippen molar-refractivity contribution in [2.75, 3.05) is 12.8 Å². The molecule has 0 saturated heterocycles. The van der Waals surface area contributed by atoms with Gasteiger partial charge in [0.2, 0.25) is 0 Å². The minimum atomic E-state index is -0.323. The summed E-state index contributed by atoms with van der Waals surface area (Å²) in [4.78, 5) is 0.945. The highest BCUT2D eigenvalue weighted by Gasteiger charge is 2.14. The smallest absolute Gasteiger partial charge is 0.129 e. The lowest BCUT2D eigenvalue weighted by atomic mass is 10.1. The zero-order valence-electron chi connectivity index (χ0n) is 10.9. The van der Waals surface area contributed by atoms with Crippen LogP contribution in [0, 0.1) is 11.6 Å². The molecule has 106 valence electrons. The SMILES string of the molecule is CNC(CSc1ccc(F)cc1)c1ccc(Cl)cc1F. The van der Waals surface area contributed by atoms with Gasteiger partial charge in [0.15, 0.2) is 0 Å². The Kier molecular flexibility index (Phi) is 5.40. The predicted octanol–water partition coefficient (Wildman–Crippen LogP) is 4.67. The molecular weight excluding hydrogens is 300 g/mol. The largest absolute Gasteiger partial charge is 0.312 e. The van der Waals surface area contributed by atoms with Crippen molar-refractivity contribution in [2.24, 2.45) is 0 Å². The summed E-state index contributed by atoms with van der Waals surface area (Å²) < 4.78 is 26.7. The van der Waals surface area contributed by atoms with Gasteiger partial charge in [-0.05, 0) is 43.4 Å². The Balaban J connectivity index is 2.07. The number of nitrogens with one attached hydrogen (secondary N) is 1. The third-order valence-corrected chi connectivity index (χ3v) is 4.26. The third kappa shape index (κ3) is 3.95. The van der Waals surface area contributed by atoms with E-state index in [1.165, 1.54) is 18.2 Å². The van der Waals surface area contributed by atoms with Crippen LogP contribution in [0.15, 0.2) is 47.4 Å². The molecule has 0 spiro atoms. The summed E-state index contributed by atoms with van der Waals surface area (Å²) in [6.07, 6.45) is 0. The van der Waals surface area contributed by atoms with E-state index in [1.807, 2.05) is 0 Å². The van der Waals surface area contributed by atoms with E-state index in [0.29, 0.717) is 16.3 Å². The average molecular weight is 314 g/mol. The lowest BCUT2D eigenvalue weighted by Gasteiger charge is -2.17. The molecule has 1 nitrogen and oxygen atoms in total. The van der Waals surface area contributed by atoms with E-state index in [4.69, 9.17) is 11.6 Å². The van der Waals surface area contributed by atoms with E-state index in [0.717, 1.165) is 4.90 Å². The van der Waals surface area contributed by atoms with Crippen molar-refractivity contribution in [1.82, 2.24) is 5.32 Å². The molecule has 2 aromatic carbocycles. The molecule has 5 heteroatoms. The average Bonchev–Trinajstić information content (AvgIpc) is 2.43. The molecule has 0 heterocycles. The van der Waals surface area contributed by atoms with Gasteiger partial charge in [0.05, 0.1) is 0 Å². The van der Waals surface area contributed by atoms with Crippen molar-refractivity contribution < 1.29 is 8.78 Å². The zero-order valence-corrected chi connectivity index (χ0v) is 12.4. The van der Waals surface area contributed by atoms with Crippen molar-refractivity contribution in [3.8, 4) is 0 Å². The Morgan fingerprint density at radius 1 is 1.15 bits per heavy atom. The van der Waals surface area contributed by atoms with Crippen LogP contribution in [0.1, 0.15) is 11.6 Å². The molecule has 1 unspecified atom stereocenters. The van der Waals surface area contributed by atoms with Crippen LogP contribution in [0.5, 0.6) is 0 Å². The first kappa shape index (κ1) is 15.3. The minimum Gasteiger partial charge on any atom is -0.312 e. The molecule has 2 rings (SSSR count). The van der Waals surface area contributed by atoms with Crippen LogP contribution in [0.3, 0.4) is 0 Å². The fraction of sp³-hybridized carbons (Fsp3) is 0.200. The monoisotopic (exact) mass is 313 g/mol. The fourth-order valence-corrected chi connectivity index (χ4v) is 3.02. The van der Waals surface area contributed by atoms with Crippen LogP contribution >= 0.6 is 23.4 Å². The number of hydrogen-bond acceptors (Lipinski definition) is 2. The second-order valence-corrected chi connectivity index (χ2v) is 5.80. The first-order chi connectivity index (χ1) is 9.60. The summed E-state index contributed by atoms with van der Waals surface area (Å²) in [7, 11) is 1.78. The van der Waals surface area contributed by atoms with Crippen molar-refractivity contribution >= 4 is 23.4 Å². The number of thioether (sulfide) groups is 1. The van der Waals surface area contributed by atoms with E-state index in [2.05, 4.69) is 5.32 Å². The summed E-state index contributed by atoms with van der Waals surface area (Å²) in [6.45, 7) is 0. The maximum atomic E-state index is 13.9. The van der Waals surface area contributed by atoms with Crippen LogP contribution in [0.2, 0.25) is 5.02 Å².